The average molecular weight is 289 g/mol. The fourth-order valence-corrected chi connectivity index (χ4v) is 4.55. The number of nitrogens with zero attached hydrogens (tertiary/aromatic N) is 2. The van der Waals surface area contributed by atoms with Crippen molar-refractivity contribution in [2.45, 2.75) is 25.3 Å². The largest absolute Gasteiger partial charge is 0.557 e. The number of piperidine rings is 3. The van der Waals surface area contributed by atoms with Gasteiger partial charge in [0.2, 0.25) is 0 Å². The molecule has 5 nitrogen and oxygen atoms in total. The topological polar surface area (TPSA) is 49.8 Å². The van der Waals surface area contributed by atoms with E-state index in [4.69, 9.17) is 4.84 Å². The molecule has 4 heterocycles. The summed E-state index contributed by atoms with van der Waals surface area (Å²) in [5, 5.41) is 9.31. The molecule has 5 heteroatoms. The number of quaternary nitrogens is 1. The summed E-state index contributed by atoms with van der Waals surface area (Å²) < 4.78 is 0.187. The van der Waals surface area contributed by atoms with Gasteiger partial charge in [-0.15, -0.1) is 0 Å². The van der Waals surface area contributed by atoms with Gasteiger partial charge in [-0.05, 0) is 25.9 Å². The minimum Gasteiger partial charge on any atom is -0.446 e. The van der Waals surface area contributed by atoms with Crippen molar-refractivity contribution < 1.29 is 14.7 Å². The highest BCUT2D eigenvalue weighted by Crippen LogP contribution is 2.43. The van der Waals surface area contributed by atoms with Crippen LogP contribution in [0.3, 0.4) is 0 Å². The third kappa shape index (κ3) is 1.95. The Bertz CT molecular complexity index is 568. The number of para-hydroxylation sites is 1. The Morgan fingerprint density at radius 2 is 2.05 bits per heavy atom. The zero-order chi connectivity index (χ0) is 14.4. The van der Waals surface area contributed by atoms with Crippen LogP contribution in [0.5, 0.6) is 0 Å². The third-order valence-electron chi connectivity index (χ3n) is 5.51. The number of carboxylic acid groups (broad SMARTS) is 1. The zero-order valence-corrected chi connectivity index (χ0v) is 12.1. The lowest BCUT2D eigenvalue weighted by molar-refractivity contribution is -0.165. The summed E-state index contributed by atoms with van der Waals surface area (Å²) in [7, 11) is 0. The summed E-state index contributed by atoms with van der Waals surface area (Å²) in [6.45, 7) is 3.98. The van der Waals surface area contributed by atoms with Crippen LogP contribution in [-0.4, -0.2) is 48.4 Å². The van der Waals surface area contributed by atoms with Gasteiger partial charge >= 0.3 is 6.16 Å². The Hall–Kier alpha value is -1.59. The van der Waals surface area contributed by atoms with Crippen LogP contribution in [0.4, 0.5) is 10.5 Å². The minimum atomic E-state index is -1.16. The number of fused-ring (bicyclic) bond motifs is 4. The van der Waals surface area contributed by atoms with Crippen molar-refractivity contribution in [1.29, 1.82) is 0 Å². The Morgan fingerprint density at radius 3 is 2.71 bits per heavy atom. The van der Waals surface area contributed by atoms with E-state index in [1.54, 1.807) is 0 Å². The van der Waals surface area contributed by atoms with E-state index in [9.17, 15) is 9.90 Å². The van der Waals surface area contributed by atoms with Crippen LogP contribution in [0.1, 0.15) is 18.4 Å². The Labute approximate surface area is 124 Å². The molecular formula is C16H21N2O3+. The standard InChI is InChI=1S/C16H20N2O3/c19-16(20)21-18(10-7-12-3-1-2-4-14(12)18)15-11-17-8-5-13(15)6-9-17/h1-4,13,15H,5-11H2/p+1. The number of hydrogen-bond acceptors (Lipinski definition) is 3. The lowest BCUT2D eigenvalue weighted by Gasteiger charge is -2.49. The van der Waals surface area contributed by atoms with Crippen LogP contribution < -0.4 is 4.65 Å². The molecule has 2 bridgehead atoms. The van der Waals surface area contributed by atoms with Crippen molar-refractivity contribution in [2.75, 3.05) is 26.2 Å². The number of hydroxylamine groups is 2. The minimum absolute atomic E-state index is 0.187. The van der Waals surface area contributed by atoms with E-state index in [1.807, 2.05) is 18.2 Å². The van der Waals surface area contributed by atoms with Crippen molar-refractivity contribution in [3.63, 3.8) is 0 Å². The fourth-order valence-electron chi connectivity index (χ4n) is 4.55. The molecule has 5 rings (SSSR count). The van der Waals surface area contributed by atoms with Crippen LogP contribution in [0, 0.1) is 5.92 Å². The molecule has 1 aromatic carbocycles. The van der Waals surface area contributed by atoms with Gasteiger partial charge in [-0.25, -0.2) is 4.84 Å². The Balaban J connectivity index is 1.77. The normalized spacial score (nSPS) is 37.2. The average Bonchev–Trinajstić information content (AvgIpc) is 2.88. The second-order valence-corrected chi connectivity index (χ2v) is 6.46. The van der Waals surface area contributed by atoms with Gasteiger partial charge in [0.15, 0.2) is 5.69 Å². The van der Waals surface area contributed by atoms with E-state index >= 15 is 0 Å². The van der Waals surface area contributed by atoms with Gasteiger partial charge in [0.05, 0.1) is 6.54 Å². The van der Waals surface area contributed by atoms with Crippen LogP contribution in [0.2, 0.25) is 0 Å². The van der Waals surface area contributed by atoms with E-state index in [1.165, 1.54) is 5.56 Å². The van der Waals surface area contributed by atoms with Crippen LogP contribution in [-0.2, 0) is 11.3 Å². The molecule has 0 radical (unpaired) electrons. The maximum atomic E-state index is 11.4. The fraction of sp³-hybridized carbons (Fsp3) is 0.562. The molecule has 0 aromatic heterocycles. The number of hydrogen-bond donors (Lipinski definition) is 1. The highest BCUT2D eigenvalue weighted by Gasteiger charge is 2.55. The van der Waals surface area contributed by atoms with Crippen molar-refractivity contribution >= 4 is 11.8 Å². The van der Waals surface area contributed by atoms with Crippen LogP contribution >= 0.6 is 0 Å². The van der Waals surface area contributed by atoms with E-state index in [0.717, 1.165) is 51.1 Å². The molecule has 1 N–H and O–H groups in total. The van der Waals surface area contributed by atoms with Crippen LogP contribution in [0.15, 0.2) is 24.3 Å². The highest BCUT2D eigenvalue weighted by molar-refractivity contribution is 5.61. The number of benzene rings is 1. The SMILES string of the molecule is O=C(O)O[N+]1(C2CN3CCC2CC3)CCc2ccccc21. The predicted molar refractivity (Wildman–Crippen MR) is 78.9 cm³/mol. The van der Waals surface area contributed by atoms with E-state index in [-0.39, 0.29) is 10.7 Å². The van der Waals surface area contributed by atoms with Gasteiger partial charge in [-0.2, -0.15) is 4.79 Å². The summed E-state index contributed by atoms with van der Waals surface area (Å²) in [6, 6.07) is 8.40. The first-order valence-electron chi connectivity index (χ1n) is 7.80. The van der Waals surface area contributed by atoms with Crippen LogP contribution in [0.25, 0.3) is 0 Å². The smallest absolute Gasteiger partial charge is 0.446 e. The molecule has 0 spiro atoms. The first kappa shape index (κ1) is 13.1. The molecule has 1 aromatic rings. The van der Waals surface area contributed by atoms with Gasteiger partial charge in [0, 0.05) is 24.0 Å². The van der Waals surface area contributed by atoms with E-state index in [2.05, 4.69) is 11.0 Å². The second kappa shape index (κ2) is 4.71. The lowest BCUT2D eigenvalue weighted by Crippen LogP contribution is -2.67. The van der Waals surface area contributed by atoms with Crippen molar-refractivity contribution in [3.05, 3.63) is 29.8 Å². The highest BCUT2D eigenvalue weighted by atomic mass is 16.8. The van der Waals surface area contributed by atoms with Crippen molar-refractivity contribution in [1.82, 2.24) is 9.55 Å². The molecule has 0 saturated carbocycles. The predicted octanol–water partition coefficient (Wildman–Crippen LogP) is 2.25. The molecule has 3 fully saturated rings. The monoisotopic (exact) mass is 289 g/mol. The maximum Gasteiger partial charge on any atom is 0.557 e. The van der Waals surface area contributed by atoms with Gasteiger partial charge in [-0.1, -0.05) is 22.8 Å². The molecule has 0 aliphatic carbocycles. The van der Waals surface area contributed by atoms with Gasteiger partial charge in [0.25, 0.3) is 0 Å². The summed E-state index contributed by atoms with van der Waals surface area (Å²) in [4.78, 5) is 19.4. The Kier molecular flexibility index (Phi) is 2.94. The van der Waals surface area contributed by atoms with E-state index < -0.39 is 6.16 Å². The van der Waals surface area contributed by atoms with Crippen molar-refractivity contribution in [2.24, 2.45) is 5.92 Å². The summed E-state index contributed by atoms with van der Waals surface area (Å²) in [5.74, 6) is 0.570. The summed E-state index contributed by atoms with van der Waals surface area (Å²) >= 11 is 0. The van der Waals surface area contributed by atoms with Gasteiger partial charge in [-0.3, -0.25) is 4.90 Å². The molecular weight excluding hydrogens is 268 g/mol. The summed E-state index contributed by atoms with van der Waals surface area (Å²) in [5.41, 5.74) is 2.29. The molecule has 112 valence electrons. The van der Waals surface area contributed by atoms with Gasteiger partial charge < -0.3 is 5.11 Å². The second-order valence-electron chi connectivity index (χ2n) is 6.46. The molecule has 0 amide bonds. The van der Waals surface area contributed by atoms with E-state index in [0.29, 0.717) is 5.92 Å². The quantitative estimate of drug-likeness (QED) is 0.848. The molecule has 4 aliphatic heterocycles. The van der Waals surface area contributed by atoms with Gasteiger partial charge in [0.1, 0.15) is 12.6 Å². The molecule has 4 aliphatic rings. The third-order valence-corrected chi connectivity index (χ3v) is 5.51. The van der Waals surface area contributed by atoms with Crippen molar-refractivity contribution in [3.8, 4) is 0 Å². The molecule has 21 heavy (non-hydrogen) atoms. The Morgan fingerprint density at radius 1 is 1.29 bits per heavy atom. The molecule has 2 atom stereocenters. The first-order valence-corrected chi connectivity index (χ1v) is 7.80. The zero-order valence-electron chi connectivity index (χ0n) is 12.1. The maximum absolute atomic E-state index is 11.4. The molecule has 3 saturated heterocycles. The number of carbonyl (C=O) groups is 1. The lowest BCUT2D eigenvalue weighted by atomic mass is 9.82. The summed E-state index contributed by atoms with van der Waals surface area (Å²) in [6.07, 6.45) is 2.06. The first-order chi connectivity index (χ1) is 10.2. The molecule has 2 unspecified atom stereocenters. The number of rotatable bonds is 2.